The van der Waals surface area contributed by atoms with Crippen molar-refractivity contribution in [2.24, 2.45) is 23.7 Å². The standard InChI is InChI=1S/C16H14O/c17-16-14(10-4-2-1-3-5-10)9-13-11-6-7-12(8-11)15(13)16/h1-7,9,11-13,15H,8H2/t11-,12+,13?,15?/m1/s1. The monoisotopic (exact) mass is 222 g/mol. The molecule has 0 N–H and O–H groups in total. The average molecular weight is 222 g/mol. The van der Waals surface area contributed by atoms with Gasteiger partial charge in [-0.3, -0.25) is 4.79 Å². The Morgan fingerprint density at radius 1 is 1.00 bits per heavy atom. The summed E-state index contributed by atoms with van der Waals surface area (Å²) in [6.07, 6.45) is 7.99. The van der Waals surface area contributed by atoms with Crippen LogP contribution in [0.5, 0.6) is 0 Å². The highest BCUT2D eigenvalue weighted by molar-refractivity contribution is 6.24. The first-order valence-electron chi connectivity index (χ1n) is 6.34. The minimum absolute atomic E-state index is 0.250. The number of carbonyl (C=O) groups excluding carboxylic acids is 1. The normalized spacial score (nSPS) is 37.4. The number of rotatable bonds is 1. The van der Waals surface area contributed by atoms with Gasteiger partial charge in [-0.1, -0.05) is 48.6 Å². The van der Waals surface area contributed by atoms with E-state index in [0.717, 1.165) is 11.1 Å². The zero-order valence-electron chi connectivity index (χ0n) is 9.54. The van der Waals surface area contributed by atoms with E-state index in [-0.39, 0.29) is 5.92 Å². The minimum atomic E-state index is 0.250. The van der Waals surface area contributed by atoms with Gasteiger partial charge in [-0.05, 0) is 29.7 Å². The van der Waals surface area contributed by atoms with Gasteiger partial charge >= 0.3 is 0 Å². The molecule has 1 saturated carbocycles. The van der Waals surface area contributed by atoms with Crippen LogP contribution in [0.3, 0.4) is 0 Å². The van der Waals surface area contributed by atoms with Crippen LogP contribution in [-0.4, -0.2) is 5.78 Å². The second-order valence-corrected chi connectivity index (χ2v) is 5.36. The van der Waals surface area contributed by atoms with Crippen molar-refractivity contribution in [3.63, 3.8) is 0 Å². The number of allylic oxidation sites excluding steroid dienone is 4. The van der Waals surface area contributed by atoms with E-state index in [1.165, 1.54) is 6.42 Å². The molecular formula is C16H14O. The quantitative estimate of drug-likeness (QED) is 0.667. The summed E-state index contributed by atoms with van der Waals surface area (Å²) in [5.41, 5.74) is 2.05. The Kier molecular flexibility index (Phi) is 1.77. The molecule has 4 atom stereocenters. The summed E-state index contributed by atoms with van der Waals surface area (Å²) < 4.78 is 0. The molecule has 1 aromatic carbocycles. The van der Waals surface area contributed by atoms with Crippen molar-refractivity contribution in [2.75, 3.05) is 0 Å². The highest BCUT2D eigenvalue weighted by Gasteiger charge is 2.51. The number of hydrogen-bond acceptors (Lipinski definition) is 1. The van der Waals surface area contributed by atoms with E-state index >= 15 is 0 Å². The lowest BCUT2D eigenvalue weighted by Gasteiger charge is -2.17. The molecule has 17 heavy (non-hydrogen) atoms. The molecule has 0 radical (unpaired) electrons. The highest BCUT2D eigenvalue weighted by atomic mass is 16.1. The molecule has 2 unspecified atom stereocenters. The van der Waals surface area contributed by atoms with Crippen LogP contribution in [0.1, 0.15) is 12.0 Å². The SMILES string of the molecule is O=C1C(c2ccccc2)=CC2C1[C@H]1C=C[C@@H]2C1. The smallest absolute Gasteiger partial charge is 0.167 e. The van der Waals surface area contributed by atoms with E-state index < -0.39 is 0 Å². The topological polar surface area (TPSA) is 17.1 Å². The maximum absolute atomic E-state index is 12.5. The third-order valence-corrected chi connectivity index (χ3v) is 4.53. The van der Waals surface area contributed by atoms with Crippen molar-refractivity contribution in [3.8, 4) is 0 Å². The van der Waals surface area contributed by atoms with Gasteiger partial charge in [0.15, 0.2) is 5.78 Å². The van der Waals surface area contributed by atoms with Gasteiger partial charge in [-0.15, -0.1) is 0 Å². The summed E-state index contributed by atoms with van der Waals surface area (Å²) >= 11 is 0. The third kappa shape index (κ3) is 1.17. The maximum Gasteiger partial charge on any atom is 0.167 e. The fourth-order valence-corrected chi connectivity index (χ4v) is 3.77. The predicted molar refractivity (Wildman–Crippen MR) is 67.1 cm³/mol. The Balaban J connectivity index is 1.77. The van der Waals surface area contributed by atoms with Crippen LogP contribution >= 0.6 is 0 Å². The Bertz CT molecular complexity index is 538. The van der Waals surface area contributed by atoms with E-state index in [9.17, 15) is 4.79 Å². The number of Topliss-reactive ketones (excluding diaryl/α,β-unsaturated/α-hetero) is 1. The van der Waals surface area contributed by atoms with E-state index in [0.29, 0.717) is 23.5 Å². The van der Waals surface area contributed by atoms with Crippen molar-refractivity contribution in [1.29, 1.82) is 0 Å². The van der Waals surface area contributed by atoms with Gasteiger partial charge in [-0.2, -0.15) is 0 Å². The molecule has 4 rings (SSSR count). The van der Waals surface area contributed by atoms with Gasteiger partial charge in [0.1, 0.15) is 0 Å². The lowest BCUT2D eigenvalue weighted by Crippen LogP contribution is -2.20. The van der Waals surface area contributed by atoms with E-state index in [2.05, 4.69) is 18.2 Å². The Morgan fingerprint density at radius 2 is 1.76 bits per heavy atom. The summed E-state index contributed by atoms with van der Waals surface area (Å²) in [6.45, 7) is 0. The summed E-state index contributed by atoms with van der Waals surface area (Å²) in [7, 11) is 0. The summed E-state index contributed by atoms with van der Waals surface area (Å²) in [5.74, 6) is 2.23. The molecule has 0 aromatic heterocycles. The highest BCUT2D eigenvalue weighted by Crippen LogP contribution is 2.54. The van der Waals surface area contributed by atoms with Crippen molar-refractivity contribution in [2.45, 2.75) is 6.42 Å². The van der Waals surface area contributed by atoms with Crippen LogP contribution in [0.2, 0.25) is 0 Å². The van der Waals surface area contributed by atoms with Crippen molar-refractivity contribution in [1.82, 2.24) is 0 Å². The second kappa shape index (κ2) is 3.19. The van der Waals surface area contributed by atoms with Crippen molar-refractivity contribution >= 4 is 11.4 Å². The molecule has 0 saturated heterocycles. The Morgan fingerprint density at radius 3 is 2.53 bits per heavy atom. The summed E-state index contributed by atoms with van der Waals surface area (Å²) in [6, 6.07) is 10.1. The molecule has 3 aliphatic carbocycles. The predicted octanol–water partition coefficient (Wildman–Crippen LogP) is 3.09. The molecule has 3 aliphatic rings. The number of carbonyl (C=O) groups is 1. The van der Waals surface area contributed by atoms with Crippen LogP contribution < -0.4 is 0 Å². The van der Waals surface area contributed by atoms with E-state index in [1.54, 1.807) is 0 Å². The molecular weight excluding hydrogens is 208 g/mol. The molecule has 0 spiro atoms. The molecule has 2 bridgehead atoms. The molecule has 1 fully saturated rings. The maximum atomic E-state index is 12.5. The van der Waals surface area contributed by atoms with Crippen LogP contribution in [0.15, 0.2) is 48.6 Å². The lowest BCUT2D eigenvalue weighted by molar-refractivity contribution is -0.117. The number of hydrogen-bond donors (Lipinski definition) is 0. The summed E-state index contributed by atoms with van der Waals surface area (Å²) in [5, 5.41) is 0. The number of ketones is 1. The molecule has 0 heterocycles. The molecule has 84 valence electrons. The molecule has 0 amide bonds. The molecule has 1 nitrogen and oxygen atoms in total. The average Bonchev–Trinajstić information content (AvgIpc) is 3.03. The van der Waals surface area contributed by atoms with E-state index in [1.807, 2.05) is 30.3 Å². The van der Waals surface area contributed by atoms with Crippen molar-refractivity contribution in [3.05, 3.63) is 54.1 Å². The number of fused-ring (bicyclic) bond motifs is 5. The van der Waals surface area contributed by atoms with Gasteiger partial charge in [0.2, 0.25) is 0 Å². The van der Waals surface area contributed by atoms with Gasteiger partial charge < -0.3 is 0 Å². The lowest BCUT2D eigenvalue weighted by atomic mass is 9.84. The first-order valence-corrected chi connectivity index (χ1v) is 6.34. The molecule has 1 aromatic rings. The largest absolute Gasteiger partial charge is 0.294 e. The minimum Gasteiger partial charge on any atom is -0.294 e. The zero-order valence-corrected chi connectivity index (χ0v) is 9.54. The van der Waals surface area contributed by atoms with Gasteiger partial charge in [0.25, 0.3) is 0 Å². The molecule has 1 heteroatoms. The fraction of sp³-hybridized carbons (Fsp3) is 0.312. The molecule has 0 aliphatic heterocycles. The Hall–Kier alpha value is -1.63. The second-order valence-electron chi connectivity index (χ2n) is 5.36. The van der Waals surface area contributed by atoms with Crippen LogP contribution in [0.25, 0.3) is 5.57 Å². The van der Waals surface area contributed by atoms with Crippen LogP contribution in [-0.2, 0) is 4.79 Å². The van der Waals surface area contributed by atoms with Gasteiger partial charge in [-0.25, -0.2) is 0 Å². The first kappa shape index (κ1) is 9.41. The zero-order chi connectivity index (χ0) is 11.4. The third-order valence-electron chi connectivity index (χ3n) is 4.53. The van der Waals surface area contributed by atoms with Crippen LogP contribution in [0.4, 0.5) is 0 Å². The summed E-state index contributed by atoms with van der Waals surface area (Å²) in [4.78, 5) is 12.5. The van der Waals surface area contributed by atoms with E-state index in [4.69, 9.17) is 0 Å². The first-order chi connectivity index (χ1) is 8.34. The van der Waals surface area contributed by atoms with Gasteiger partial charge in [0.05, 0.1) is 0 Å². The number of benzene rings is 1. The van der Waals surface area contributed by atoms with Gasteiger partial charge in [0, 0.05) is 11.5 Å². The Labute approximate surface area is 101 Å². The van der Waals surface area contributed by atoms with Crippen LogP contribution in [0, 0.1) is 23.7 Å². The van der Waals surface area contributed by atoms with Crippen molar-refractivity contribution < 1.29 is 4.79 Å². The fourth-order valence-electron chi connectivity index (χ4n) is 3.77.